The van der Waals surface area contributed by atoms with Gasteiger partial charge in [0.25, 0.3) is 11.5 Å². The van der Waals surface area contributed by atoms with E-state index >= 15 is 0 Å². The number of nitrogens with one attached hydrogen (secondary N) is 1. The Morgan fingerprint density at radius 2 is 1.85 bits per heavy atom. The molecule has 1 aromatic carbocycles. The van der Waals surface area contributed by atoms with Gasteiger partial charge < -0.3 is 9.88 Å². The van der Waals surface area contributed by atoms with E-state index in [-0.39, 0.29) is 22.0 Å². The Morgan fingerprint density at radius 1 is 1.19 bits per heavy atom. The number of carbonyl (C=O) groups excluding carboxylic acids is 1. The molecule has 0 bridgehead atoms. The Bertz CT molecular complexity index is 1110. The highest BCUT2D eigenvalue weighted by Crippen LogP contribution is 2.29. The molecule has 0 unspecified atom stereocenters. The minimum Gasteiger partial charge on any atom is -0.315 e. The molecule has 0 saturated carbocycles. The van der Waals surface area contributed by atoms with Crippen LogP contribution in [-0.4, -0.2) is 20.0 Å². The topological polar surface area (TPSA) is 86.0 Å². The molecule has 2 heterocycles. The van der Waals surface area contributed by atoms with Gasteiger partial charge in [-0.05, 0) is 12.1 Å². The molecule has 3 rings (SSSR count). The van der Waals surface area contributed by atoms with Crippen LogP contribution in [0.1, 0.15) is 10.5 Å². The summed E-state index contributed by atoms with van der Waals surface area (Å²) < 4.78 is 29.6. The zero-order valence-corrected chi connectivity index (χ0v) is 14.4. The summed E-state index contributed by atoms with van der Waals surface area (Å²) in [5, 5.41) is 3.68. The van der Waals surface area contributed by atoms with Crippen LogP contribution in [0.25, 0.3) is 10.6 Å². The van der Waals surface area contributed by atoms with E-state index in [0.717, 1.165) is 32.6 Å². The molecule has 0 aliphatic carbocycles. The minimum atomic E-state index is -0.793. The number of amides is 1. The molecule has 0 atom stereocenters. The minimum absolute atomic E-state index is 0.000820. The summed E-state index contributed by atoms with van der Waals surface area (Å²) in [7, 11) is 2.71. The smallest absolute Gasteiger partial charge is 0.315 e. The number of anilines is 1. The second-order valence-corrected chi connectivity index (χ2v) is 6.25. The van der Waals surface area contributed by atoms with Crippen molar-refractivity contribution in [3.05, 3.63) is 67.9 Å². The number of aryl methyl sites for hydroxylation is 1. The van der Waals surface area contributed by atoms with E-state index in [4.69, 9.17) is 0 Å². The van der Waals surface area contributed by atoms with Crippen molar-refractivity contribution in [2.24, 2.45) is 14.1 Å². The molecular weight excluding hydrogens is 366 g/mol. The molecule has 3 aromatic rings. The third-order valence-corrected chi connectivity index (χ3v) is 4.47. The summed E-state index contributed by atoms with van der Waals surface area (Å²) in [4.78, 5) is 39.9. The first-order valence-corrected chi connectivity index (χ1v) is 8.15. The fourth-order valence-electron chi connectivity index (χ4n) is 2.28. The molecular formula is C16H12F2N4O3S. The van der Waals surface area contributed by atoms with Crippen LogP contribution >= 0.6 is 11.3 Å². The number of halogens is 2. The Balaban J connectivity index is 1.93. The molecule has 0 saturated heterocycles. The van der Waals surface area contributed by atoms with Gasteiger partial charge in [0.1, 0.15) is 28.0 Å². The lowest BCUT2D eigenvalue weighted by molar-refractivity contribution is 0.102. The lowest BCUT2D eigenvalue weighted by atomic mass is 10.2. The molecule has 1 N–H and O–H groups in total. The van der Waals surface area contributed by atoms with Gasteiger partial charge in [0, 0.05) is 25.7 Å². The molecule has 0 spiro atoms. The van der Waals surface area contributed by atoms with Crippen molar-refractivity contribution in [1.29, 1.82) is 0 Å². The van der Waals surface area contributed by atoms with E-state index in [1.807, 2.05) is 0 Å². The normalized spacial score (nSPS) is 10.8. The second-order valence-electron chi connectivity index (χ2n) is 5.39. The fourth-order valence-corrected chi connectivity index (χ4v) is 3.12. The maximum Gasteiger partial charge on any atom is 0.330 e. The molecule has 10 heteroatoms. The van der Waals surface area contributed by atoms with Crippen molar-refractivity contribution in [3.8, 4) is 10.6 Å². The van der Waals surface area contributed by atoms with Crippen LogP contribution in [0, 0.1) is 11.6 Å². The molecule has 1 amide bonds. The molecule has 0 fully saturated rings. The van der Waals surface area contributed by atoms with Crippen LogP contribution in [0.3, 0.4) is 0 Å². The van der Waals surface area contributed by atoms with Crippen molar-refractivity contribution in [3.63, 3.8) is 0 Å². The predicted molar refractivity (Wildman–Crippen MR) is 92.3 cm³/mol. The summed E-state index contributed by atoms with van der Waals surface area (Å²) in [6.07, 6.45) is 1.19. The van der Waals surface area contributed by atoms with Crippen LogP contribution in [0.4, 0.5) is 14.5 Å². The van der Waals surface area contributed by atoms with Gasteiger partial charge >= 0.3 is 5.69 Å². The summed E-state index contributed by atoms with van der Waals surface area (Å²) >= 11 is 0.892. The van der Waals surface area contributed by atoms with E-state index in [1.165, 1.54) is 31.7 Å². The zero-order chi connectivity index (χ0) is 19.0. The highest BCUT2D eigenvalue weighted by atomic mass is 32.1. The first-order valence-electron chi connectivity index (χ1n) is 7.27. The van der Waals surface area contributed by atoms with Gasteiger partial charge in [-0.1, -0.05) is 6.07 Å². The summed E-state index contributed by atoms with van der Waals surface area (Å²) in [5.74, 6) is -2.32. The van der Waals surface area contributed by atoms with Crippen LogP contribution < -0.4 is 16.6 Å². The molecule has 0 radical (unpaired) electrons. The maximum absolute atomic E-state index is 13.8. The van der Waals surface area contributed by atoms with Crippen LogP contribution in [0.5, 0.6) is 0 Å². The molecule has 0 aliphatic heterocycles. The van der Waals surface area contributed by atoms with Crippen molar-refractivity contribution in [1.82, 2.24) is 14.1 Å². The Labute approximate surface area is 149 Å². The largest absolute Gasteiger partial charge is 0.330 e. The second kappa shape index (κ2) is 6.64. The lowest BCUT2D eigenvalue weighted by Gasteiger charge is -2.07. The van der Waals surface area contributed by atoms with Gasteiger partial charge in [-0.2, -0.15) is 0 Å². The standard InChI is InChI=1S/C16H12F2N4O3S/c1-21-6-10(15(24)22(2)16(21)25)19-13(23)11-7-26-14(20-11)12-8(17)4-3-5-9(12)18/h3-7H,1-2H3,(H,19,23). The number of thiazole rings is 1. The summed E-state index contributed by atoms with van der Waals surface area (Å²) in [5.41, 5.74) is -1.78. The predicted octanol–water partition coefficient (Wildman–Crippen LogP) is 1.74. The SMILES string of the molecule is Cn1cc(NC(=O)c2csc(-c3c(F)cccc3F)n2)c(=O)n(C)c1=O. The number of benzene rings is 1. The van der Waals surface area contributed by atoms with Gasteiger partial charge in [-0.25, -0.2) is 18.6 Å². The van der Waals surface area contributed by atoms with Gasteiger partial charge in [0.05, 0.1) is 5.56 Å². The molecule has 26 heavy (non-hydrogen) atoms. The quantitative estimate of drug-likeness (QED) is 0.752. The molecule has 134 valence electrons. The fraction of sp³-hybridized carbons (Fsp3) is 0.125. The van der Waals surface area contributed by atoms with Gasteiger partial charge in [0.15, 0.2) is 0 Å². The van der Waals surface area contributed by atoms with Crippen LogP contribution in [0.2, 0.25) is 0 Å². The summed E-state index contributed by atoms with van der Waals surface area (Å²) in [6.45, 7) is 0. The number of hydrogen-bond acceptors (Lipinski definition) is 5. The zero-order valence-electron chi connectivity index (χ0n) is 13.6. The Morgan fingerprint density at radius 3 is 2.50 bits per heavy atom. The van der Waals surface area contributed by atoms with Gasteiger partial charge in [-0.15, -0.1) is 11.3 Å². The number of nitrogens with zero attached hydrogens (tertiary/aromatic N) is 3. The average molecular weight is 378 g/mol. The number of hydrogen-bond donors (Lipinski definition) is 1. The molecule has 0 aliphatic rings. The van der Waals surface area contributed by atoms with Crippen molar-refractivity contribution in [2.45, 2.75) is 0 Å². The summed E-state index contributed by atoms with van der Waals surface area (Å²) in [6, 6.07) is 3.41. The van der Waals surface area contributed by atoms with E-state index in [1.54, 1.807) is 0 Å². The van der Waals surface area contributed by atoms with Crippen molar-refractivity contribution < 1.29 is 13.6 Å². The molecule has 2 aromatic heterocycles. The van der Waals surface area contributed by atoms with E-state index < -0.39 is 28.8 Å². The van der Waals surface area contributed by atoms with E-state index in [2.05, 4.69) is 10.3 Å². The van der Waals surface area contributed by atoms with Gasteiger partial charge in [0.2, 0.25) is 0 Å². The maximum atomic E-state index is 13.8. The lowest BCUT2D eigenvalue weighted by Crippen LogP contribution is -2.38. The van der Waals surface area contributed by atoms with Crippen LogP contribution in [-0.2, 0) is 14.1 Å². The number of carbonyl (C=O) groups is 1. The Hall–Kier alpha value is -3.14. The van der Waals surface area contributed by atoms with Gasteiger partial charge in [-0.3, -0.25) is 14.2 Å². The van der Waals surface area contributed by atoms with E-state index in [9.17, 15) is 23.2 Å². The monoisotopic (exact) mass is 378 g/mol. The average Bonchev–Trinajstić information content (AvgIpc) is 3.07. The molecule has 7 nitrogen and oxygen atoms in total. The third kappa shape index (κ3) is 3.06. The van der Waals surface area contributed by atoms with Crippen molar-refractivity contribution in [2.75, 3.05) is 5.32 Å². The first kappa shape index (κ1) is 17.7. The first-order chi connectivity index (χ1) is 12.3. The van der Waals surface area contributed by atoms with Crippen LogP contribution in [0.15, 0.2) is 39.4 Å². The number of aromatic nitrogens is 3. The van der Waals surface area contributed by atoms with E-state index in [0.29, 0.717) is 0 Å². The Kier molecular flexibility index (Phi) is 4.51. The van der Waals surface area contributed by atoms with Crippen molar-refractivity contribution >= 4 is 22.9 Å². The third-order valence-electron chi connectivity index (χ3n) is 3.61. The number of rotatable bonds is 3. The highest BCUT2D eigenvalue weighted by molar-refractivity contribution is 7.13. The highest BCUT2D eigenvalue weighted by Gasteiger charge is 2.19.